The number of nitrogens with zero attached hydrogens (tertiary/aromatic N) is 2. The number of hydrogen-bond donors (Lipinski definition) is 2. The Bertz CT molecular complexity index is 1580. The maximum Gasteiger partial charge on any atom is 0.264 e. The fourth-order valence-corrected chi connectivity index (χ4v) is 4.79. The number of nitrogens with one attached hydrogen (secondary N) is 2. The largest absolute Gasteiger partial charge is 0.483 e. The van der Waals surface area contributed by atoms with Crippen molar-refractivity contribution in [3.63, 3.8) is 0 Å². The monoisotopic (exact) mass is 568 g/mol. The van der Waals surface area contributed by atoms with E-state index < -0.39 is 32.5 Å². The molecule has 2 N–H and O–H groups in total. The third-order valence-electron chi connectivity index (χ3n) is 5.80. The molecule has 1 aromatic heterocycles. The van der Waals surface area contributed by atoms with Gasteiger partial charge in [0.1, 0.15) is 5.75 Å². The summed E-state index contributed by atoms with van der Waals surface area (Å²) in [5.74, 6) is -3.39. The van der Waals surface area contributed by atoms with Crippen LogP contribution < -0.4 is 14.8 Å². The third-order valence-corrected chi connectivity index (χ3v) is 7.17. The fourth-order valence-electron chi connectivity index (χ4n) is 3.76. The highest BCUT2D eigenvalue weighted by molar-refractivity contribution is 7.90. The summed E-state index contributed by atoms with van der Waals surface area (Å²) >= 11 is 0. The number of amides is 2. The summed E-state index contributed by atoms with van der Waals surface area (Å²) in [6.07, 6.45) is 3.28. The Labute approximate surface area is 229 Å². The van der Waals surface area contributed by atoms with Crippen LogP contribution in [-0.4, -0.2) is 36.6 Å². The Morgan fingerprint density at radius 3 is 2.42 bits per heavy atom. The minimum absolute atomic E-state index is 0.0855. The molecule has 0 radical (unpaired) electrons. The van der Waals surface area contributed by atoms with E-state index >= 15 is 0 Å². The third kappa shape index (κ3) is 7.96. The number of benzene rings is 3. The first kappa shape index (κ1) is 28.4. The lowest BCUT2D eigenvalue weighted by atomic mass is 10.1. The summed E-state index contributed by atoms with van der Waals surface area (Å²) < 4.78 is 60.9. The van der Waals surface area contributed by atoms with Crippen LogP contribution >= 0.6 is 0 Å². The van der Waals surface area contributed by atoms with E-state index in [4.69, 9.17) is 4.74 Å². The smallest absolute Gasteiger partial charge is 0.264 e. The zero-order valence-electron chi connectivity index (χ0n) is 21.2. The van der Waals surface area contributed by atoms with Gasteiger partial charge in [0.05, 0.1) is 11.4 Å². The molecule has 4 aromatic rings. The van der Waals surface area contributed by atoms with E-state index in [1.807, 2.05) is 41.1 Å². The summed E-state index contributed by atoms with van der Waals surface area (Å²) in [7, 11) is -4.40. The topological polar surface area (TPSA) is 119 Å². The summed E-state index contributed by atoms with van der Waals surface area (Å²) in [6, 6.07) is 18.5. The van der Waals surface area contributed by atoms with Crippen LogP contribution in [0.25, 0.3) is 0 Å². The van der Waals surface area contributed by atoms with Crippen LogP contribution in [0, 0.1) is 11.6 Å². The first-order valence-electron chi connectivity index (χ1n) is 12.2. The van der Waals surface area contributed by atoms with Crippen molar-refractivity contribution < 1.29 is 31.5 Å². The van der Waals surface area contributed by atoms with Gasteiger partial charge in [-0.3, -0.25) is 14.3 Å². The molecule has 0 unspecified atom stereocenters. The Kier molecular flexibility index (Phi) is 9.23. The Morgan fingerprint density at radius 1 is 0.900 bits per heavy atom. The van der Waals surface area contributed by atoms with Crippen molar-refractivity contribution in [3.05, 3.63) is 114 Å². The van der Waals surface area contributed by atoms with E-state index in [-0.39, 0.29) is 25.4 Å². The first-order valence-corrected chi connectivity index (χ1v) is 13.7. The van der Waals surface area contributed by atoms with Crippen molar-refractivity contribution >= 4 is 21.8 Å². The first-order chi connectivity index (χ1) is 19.2. The number of halogens is 2. The number of sulfonamides is 1. The van der Waals surface area contributed by atoms with Gasteiger partial charge in [-0.25, -0.2) is 21.9 Å². The Hall–Kier alpha value is -4.58. The predicted octanol–water partition coefficient (Wildman–Crippen LogP) is 3.34. The number of carbonyl (C=O) groups is 2. The second-order valence-corrected chi connectivity index (χ2v) is 10.5. The zero-order chi connectivity index (χ0) is 28.5. The zero-order valence-corrected chi connectivity index (χ0v) is 22.0. The van der Waals surface area contributed by atoms with Gasteiger partial charge in [-0.05, 0) is 53.4 Å². The highest BCUT2D eigenvalue weighted by Gasteiger charge is 2.20. The molecule has 0 saturated carbocycles. The van der Waals surface area contributed by atoms with Gasteiger partial charge < -0.3 is 10.1 Å². The molecule has 0 atom stereocenters. The van der Waals surface area contributed by atoms with Crippen LogP contribution in [0.15, 0.2) is 90.1 Å². The maximum absolute atomic E-state index is 13.5. The van der Waals surface area contributed by atoms with Crippen molar-refractivity contribution in [2.75, 3.05) is 6.61 Å². The average molecular weight is 569 g/mol. The second-order valence-electron chi connectivity index (χ2n) is 8.80. The van der Waals surface area contributed by atoms with Gasteiger partial charge in [0.15, 0.2) is 18.2 Å². The number of rotatable bonds is 12. The molecule has 2 amide bonds. The van der Waals surface area contributed by atoms with Gasteiger partial charge in [0, 0.05) is 25.4 Å². The highest BCUT2D eigenvalue weighted by atomic mass is 32.2. The average Bonchev–Trinajstić information content (AvgIpc) is 3.45. The lowest BCUT2D eigenvalue weighted by Gasteiger charge is -2.14. The number of aryl methyl sites for hydroxylation is 1. The quantitative estimate of drug-likeness (QED) is 0.271. The van der Waals surface area contributed by atoms with Gasteiger partial charge in [-0.15, -0.1) is 0 Å². The molecule has 0 spiro atoms. The van der Waals surface area contributed by atoms with Crippen LogP contribution in [0.4, 0.5) is 8.78 Å². The van der Waals surface area contributed by atoms with Crippen molar-refractivity contribution in [1.29, 1.82) is 0 Å². The van der Waals surface area contributed by atoms with Crippen molar-refractivity contribution in [2.24, 2.45) is 0 Å². The molecule has 0 fully saturated rings. The van der Waals surface area contributed by atoms with E-state index in [9.17, 15) is 26.8 Å². The van der Waals surface area contributed by atoms with Crippen LogP contribution in [0.3, 0.4) is 0 Å². The summed E-state index contributed by atoms with van der Waals surface area (Å²) in [5.41, 5.74) is 2.33. The Balaban J connectivity index is 1.41. The van der Waals surface area contributed by atoms with Crippen molar-refractivity contribution in [1.82, 2.24) is 19.8 Å². The van der Waals surface area contributed by atoms with Gasteiger partial charge in [-0.2, -0.15) is 5.10 Å². The number of ether oxygens (including phenoxy) is 1. The molecule has 3 aromatic carbocycles. The molecule has 12 heteroatoms. The molecule has 40 heavy (non-hydrogen) atoms. The maximum atomic E-state index is 13.5. The molecule has 9 nitrogen and oxygen atoms in total. The fraction of sp³-hybridized carbons (Fsp3) is 0.179. The standard InChI is InChI=1S/C28H26F2N4O5S/c29-24-11-10-23(16-25(24)30)40(37,38)33-27(35)12-9-22-8-7-21(18-34-14-4-13-32-34)15-26(22)39-19-28(36)31-17-20-5-2-1-3-6-20/h1-8,10-11,13-16H,9,12,17-19H2,(H,31,36)(H,33,35). The van der Waals surface area contributed by atoms with E-state index in [1.165, 1.54) is 0 Å². The molecular formula is C28H26F2N4O5S. The summed E-state index contributed by atoms with van der Waals surface area (Å²) in [4.78, 5) is 24.3. The lowest BCUT2D eigenvalue weighted by molar-refractivity contribution is -0.123. The molecule has 0 aliphatic carbocycles. The molecule has 0 aliphatic rings. The number of aromatic nitrogens is 2. The lowest BCUT2D eigenvalue weighted by Crippen LogP contribution is -2.31. The number of hydrogen-bond acceptors (Lipinski definition) is 6. The molecule has 208 valence electrons. The van der Waals surface area contributed by atoms with E-state index in [0.717, 1.165) is 17.2 Å². The van der Waals surface area contributed by atoms with Gasteiger partial charge in [0.25, 0.3) is 15.9 Å². The summed E-state index contributed by atoms with van der Waals surface area (Å²) in [6.45, 7) is 0.500. The van der Waals surface area contributed by atoms with E-state index in [0.29, 0.717) is 36.5 Å². The minimum atomic E-state index is -4.40. The molecule has 1 heterocycles. The number of carbonyl (C=O) groups excluding carboxylic acids is 2. The van der Waals surface area contributed by atoms with Crippen LogP contribution in [0.2, 0.25) is 0 Å². The Morgan fingerprint density at radius 2 is 1.70 bits per heavy atom. The van der Waals surface area contributed by atoms with Crippen LogP contribution in [0.1, 0.15) is 23.1 Å². The minimum Gasteiger partial charge on any atom is -0.483 e. The molecule has 0 aliphatic heterocycles. The second kappa shape index (κ2) is 13.0. The summed E-state index contributed by atoms with van der Waals surface area (Å²) in [5, 5.41) is 6.96. The van der Waals surface area contributed by atoms with Crippen LogP contribution in [0.5, 0.6) is 5.75 Å². The molecule has 0 saturated heterocycles. The normalized spacial score (nSPS) is 11.2. The highest BCUT2D eigenvalue weighted by Crippen LogP contribution is 2.23. The van der Waals surface area contributed by atoms with Crippen molar-refractivity contribution in [3.8, 4) is 5.75 Å². The molecule has 4 rings (SSSR count). The van der Waals surface area contributed by atoms with Gasteiger partial charge >= 0.3 is 0 Å². The van der Waals surface area contributed by atoms with Gasteiger partial charge in [0.2, 0.25) is 5.91 Å². The molecule has 0 bridgehead atoms. The van der Waals surface area contributed by atoms with E-state index in [2.05, 4.69) is 10.4 Å². The molecular weight excluding hydrogens is 542 g/mol. The van der Waals surface area contributed by atoms with Crippen LogP contribution in [-0.2, 0) is 39.1 Å². The predicted molar refractivity (Wildman–Crippen MR) is 142 cm³/mol. The van der Waals surface area contributed by atoms with Crippen molar-refractivity contribution in [2.45, 2.75) is 30.8 Å². The van der Waals surface area contributed by atoms with E-state index in [1.54, 1.807) is 35.3 Å². The van der Waals surface area contributed by atoms with Gasteiger partial charge in [-0.1, -0.05) is 42.5 Å². The SMILES string of the molecule is O=C(COc1cc(Cn2cccn2)ccc1CCC(=O)NS(=O)(=O)c1ccc(F)c(F)c1)NCc1ccccc1.